The Hall–Kier alpha value is -4.59. The summed E-state index contributed by atoms with van der Waals surface area (Å²) in [4.78, 5) is 27.7. The standard InChI is InChI=1S/C31H32N6O2/c38-29(13-7-10-23-8-3-1-4-9-23)37(28-20-18-26(19-21-28)25-11-5-2-6-12-25)22-24-14-16-27(17-15-24)30(39)32-31-33-35-36-34-31/h1,3-4,7-10,14-21,25H,2,5-6,11-13,22H2,(H2,32,33,34,35,36,39)/b10-7+. The van der Waals surface area contributed by atoms with Gasteiger partial charge >= 0.3 is 0 Å². The molecule has 2 amide bonds. The Labute approximate surface area is 228 Å². The van der Waals surface area contributed by atoms with Crippen molar-refractivity contribution in [3.05, 3.63) is 107 Å². The van der Waals surface area contributed by atoms with Gasteiger partial charge in [0.05, 0.1) is 6.54 Å². The van der Waals surface area contributed by atoms with Crippen LogP contribution in [-0.4, -0.2) is 32.4 Å². The SMILES string of the molecule is O=C(Nc1nn[nH]n1)c1ccc(CN(C(=O)C/C=C/c2ccccc2)c2ccc(C3CCCCC3)cc2)cc1. The Kier molecular flexibility index (Phi) is 8.53. The molecular weight excluding hydrogens is 488 g/mol. The number of nitrogens with zero attached hydrogens (tertiary/aromatic N) is 4. The second-order valence-electron chi connectivity index (χ2n) is 9.81. The number of hydrogen-bond donors (Lipinski definition) is 2. The molecule has 0 unspecified atom stereocenters. The summed E-state index contributed by atoms with van der Waals surface area (Å²) in [6, 6.07) is 25.6. The zero-order valence-corrected chi connectivity index (χ0v) is 21.8. The van der Waals surface area contributed by atoms with E-state index in [0.717, 1.165) is 16.8 Å². The van der Waals surface area contributed by atoms with Gasteiger partial charge in [-0.3, -0.25) is 14.9 Å². The Morgan fingerprint density at radius 2 is 1.67 bits per heavy atom. The van der Waals surface area contributed by atoms with Gasteiger partial charge in [-0.15, -0.1) is 5.10 Å². The topological polar surface area (TPSA) is 104 Å². The zero-order chi connectivity index (χ0) is 26.9. The second kappa shape index (κ2) is 12.8. The molecule has 0 bridgehead atoms. The van der Waals surface area contributed by atoms with Crippen LogP contribution in [0.2, 0.25) is 0 Å². The molecule has 0 aliphatic heterocycles. The number of anilines is 2. The third-order valence-electron chi connectivity index (χ3n) is 7.11. The van der Waals surface area contributed by atoms with E-state index in [1.807, 2.05) is 59.5 Å². The van der Waals surface area contributed by atoms with Crippen LogP contribution in [0.1, 0.15) is 71.5 Å². The van der Waals surface area contributed by atoms with Crippen LogP contribution in [0.5, 0.6) is 0 Å². The molecule has 198 valence electrons. The lowest BCUT2D eigenvalue weighted by Gasteiger charge is -2.25. The molecule has 8 nitrogen and oxygen atoms in total. The van der Waals surface area contributed by atoms with Gasteiger partial charge in [-0.05, 0) is 64.9 Å². The van der Waals surface area contributed by atoms with Gasteiger partial charge in [0, 0.05) is 17.7 Å². The smallest absolute Gasteiger partial charge is 0.270 e. The monoisotopic (exact) mass is 520 g/mol. The summed E-state index contributed by atoms with van der Waals surface area (Å²) in [5.41, 5.74) is 4.66. The molecule has 2 N–H and O–H groups in total. The summed E-state index contributed by atoms with van der Waals surface area (Å²) < 4.78 is 0. The first kappa shape index (κ1) is 26.0. The molecule has 1 aromatic heterocycles. The second-order valence-corrected chi connectivity index (χ2v) is 9.81. The van der Waals surface area contributed by atoms with E-state index in [0.29, 0.717) is 18.0 Å². The number of aromatic nitrogens is 4. The number of benzene rings is 3. The van der Waals surface area contributed by atoms with E-state index in [1.54, 1.807) is 12.1 Å². The molecule has 1 saturated carbocycles. The molecular formula is C31H32N6O2. The lowest BCUT2D eigenvalue weighted by molar-refractivity contribution is -0.117. The molecule has 4 aromatic rings. The number of carbonyl (C=O) groups excluding carboxylic acids is 2. The fraction of sp³-hybridized carbons (Fsp3) is 0.258. The molecule has 1 aliphatic rings. The van der Waals surface area contributed by atoms with Crippen LogP contribution in [0.3, 0.4) is 0 Å². The highest BCUT2D eigenvalue weighted by Crippen LogP contribution is 2.33. The number of carbonyl (C=O) groups is 2. The fourth-order valence-electron chi connectivity index (χ4n) is 4.99. The van der Waals surface area contributed by atoms with Crippen molar-refractivity contribution in [2.24, 2.45) is 0 Å². The van der Waals surface area contributed by atoms with Gasteiger partial charge < -0.3 is 4.90 Å². The number of tetrazole rings is 1. The number of H-pyrrole nitrogens is 1. The maximum Gasteiger partial charge on any atom is 0.270 e. The van der Waals surface area contributed by atoms with E-state index >= 15 is 0 Å². The molecule has 0 radical (unpaired) electrons. The fourth-order valence-corrected chi connectivity index (χ4v) is 4.99. The predicted octanol–water partition coefficient (Wildman–Crippen LogP) is 6.14. The third kappa shape index (κ3) is 7.04. The van der Waals surface area contributed by atoms with Gasteiger partial charge in [-0.1, -0.05) is 91.1 Å². The van der Waals surface area contributed by atoms with Gasteiger partial charge in [0.25, 0.3) is 11.9 Å². The normalized spacial score (nSPS) is 13.8. The summed E-state index contributed by atoms with van der Waals surface area (Å²) >= 11 is 0. The van der Waals surface area contributed by atoms with Crippen molar-refractivity contribution in [2.45, 2.75) is 51.0 Å². The molecule has 3 aromatic carbocycles. The number of nitrogens with one attached hydrogen (secondary N) is 2. The molecule has 0 spiro atoms. The van der Waals surface area contributed by atoms with Crippen LogP contribution >= 0.6 is 0 Å². The van der Waals surface area contributed by atoms with Crippen molar-refractivity contribution in [3.63, 3.8) is 0 Å². The van der Waals surface area contributed by atoms with Crippen molar-refractivity contribution in [2.75, 3.05) is 10.2 Å². The summed E-state index contributed by atoms with van der Waals surface area (Å²) in [5, 5.41) is 15.8. The highest BCUT2D eigenvalue weighted by molar-refractivity contribution is 6.03. The Bertz CT molecular complexity index is 1380. The number of amides is 2. The maximum atomic E-state index is 13.5. The molecule has 5 rings (SSSR count). The number of rotatable bonds is 9. The van der Waals surface area contributed by atoms with Gasteiger partial charge in [-0.25, -0.2) is 0 Å². The Morgan fingerprint density at radius 3 is 2.36 bits per heavy atom. The van der Waals surface area contributed by atoms with Crippen molar-refractivity contribution < 1.29 is 9.59 Å². The van der Waals surface area contributed by atoms with E-state index in [-0.39, 0.29) is 24.2 Å². The quantitative estimate of drug-likeness (QED) is 0.276. The average molecular weight is 521 g/mol. The van der Waals surface area contributed by atoms with Crippen molar-refractivity contribution in [1.29, 1.82) is 0 Å². The minimum Gasteiger partial charge on any atom is -0.308 e. The van der Waals surface area contributed by atoms with Gasteiger partial charge in [0.2, 0.25) is 5.91 Å². The van der Waals surface area contributed by atoms with E-state index in [1.165, 1.54) is 37.7 Å². The largest absolute Gasteiger partial charge is 0.308 e. The molecule has 0 atom stereocenters. The zero-order valence-electron chi connectivity index (χ0n) is 21.8. The molecule has 8 heteroatoms. The first-order chi connectivity index (χ1) is 19.2. The van der Waals surface area contributed by atoms with E-state index in [2.05, 4.69) is 50.2 Å². The highest BCUT2D eigenvalue weighted by Gasteiger charge is 2.19. The van der Waals surface area contributed by atoms with Crippen LogP contribution in [0.4, 0.5) is 11.6 Å². The van der Waals surface area contributed by atoms with Crippen LogP contribution < -0.4 is 10.2 Å². The minimum atomic E-state index is -0.333. The van der Waals surface area contributed by atoms with Gasteiger partial charge in [-0.2, -0.15) is 5.21 Å². The Morgan fingerprint density at radius 1 is 0.923 bits per heavy atom. The van der Waals surface area contributed by atoms with Gasteiger partial charge in [0.15, 0.2) is 0 Å². The third-order valence-corrected chi connectivity index (χ3v) is 7.11. The average Bonchev–Trinajstić information content (AvgIpc) is 3.50. The van der Waals surface area contributed by atoms with E-state index in [4.69, 9.17) is 0 Å². The van der Waals surface area contributed by atoms with Crippen molar-refractivity contribution >= 4 is 29.5 Å². The lowest BCUT2D eigenvalue weighted by Crippen LogP contribution is -2.29. The Balaban J connectivity index is 1.31. The molecule has 1 aliphatic carbocycles. The summed E-state index contributed by atoms with van der Waals surface area (Å²) in [7, 11) is 0. The van der Waals surface area contributed by atoms with Crippen LogP contribution in [-0.2, 0) is 11.3 Å². The van der Waals surface area contributed by atoms with Gasteiger partial charge in [0.1, 0.15) is 0 Å². The van der Waals surface area contributed by atoms with E-state index < -0.39 is 0 Å². The highest BCUT2D eigenvalue weighted by atomic mass is 16.2. The lowest BCUT2D eigenvalue weighted by atomic mass is 9.84. The molecule has 0 saturated heterocycles. The van der Waals surface area contributed by atoms with Crippen LogP contribution in [0, 0.1) is 0 Å². The summed E-state index contributed by atoms with van der Waals surface area (Å²) in [6.45, 7) is 0.396. The molecule has 1 heterocycles. The van der Waals surface area contributed by atoms with Crippen LogP contribution in [0.25, 0.3) is 6.08 Å². The van der Waals surface area contributed by atoms with Crippen molar-refractivity contribution in [3.8, 4) is 0 Å². The first-order valence-corrected chi connectivity index (χ1v) is 13.4. The molecule has 39 heavy (non-hydrogen) atoms. The maximum absolute atomic E-state index is 13.5. The summed E-state index contributed by atoms with van der Waals surface area (Å²) in [5.74, 6) is 0.393. The minimum absolute atomic E-state index is 0.00604. The molecule has 1 fully saturated rings. The number of hydrogen-bond acceptors (Lipinski definition) is 5. The number of aromatic amines is 1. The van der Waals surface area contributed by atoms with E-state index in [9.17, 15) is 9.59 Å². The predicted molar refractivity (Wildman–Crippen MR) is 152 cm³/mol. The summed E-state index contributed by atoms with van der Waals surface area (Å²) in [6.07, 6.45) is 10.5. The van der Waals surface area contributed by atoms with Crippen LogP contribution in [0.15, 0.2) is 84.9 Å². The van der Waals surface area contributed by atoms with Crippen molar-refractivity contribution in [1.82, 2.24) is 20.6 Å². The first-order valence-electron chi connectivity index (χ1n) is 13.4.